The van der Waals surface area contributed by atoms with E-state index in [4.69, 9.17) is 5.11 Å². The summed E-state index contributed by atoms with van der Waals surface area (Å²) in [5, 5.41) is 11.3. The van der Waals surface area contributed by atoms with Gasteiger partial charge in [0.05, 0.1) is 5.69 Å². The van der Waals surface area contributed by atoms with E-state index in [9.17, 15) is 9.59 Å². The lowest BCUT2D eigenvalue weighted by Gasteiger charge is -2.12. The molecule has 0 aliphatic rings. The lowest BCUT2D eigenvalue weighted by molar-refractivity contribution is -0.131. The highest BCUT2D eigenvalue weighted by Gasteiger charge is 2.14. The summed E-state index contributed by atoms with van der Waals surface area (Å²) in [6.45, 7) is 3.93. The monoisotopic (exact) mass is 262 g/mol. The van der Waals surface area contributed by atoms with Crippen molar-refractivity contribution in [2.45, 2.75) is 26.7 Å². The van der Waals surface area contributed by atoms with Gasteiger partial charge >= 0.3 is 5.97 Å². The maximum Gasteiger partial charge on any atom is 0.328 e. The molecule has 19 heavy (non-hydrogen) atoms. The largest absolute Gasteiger partial charge is 0.478 e. The number of carboxylic acid groups (broad SMARTS) is 1. The molecule has 1 amide bonds. The second kappa shape index (κ2) is 7.31. The molecule has 5 heteroatoms. The number of rotatable bonds is 6. The van der Waals surface area contributed by atoms with Crippen molar-refractivity contribution in [1.29, 1.82) is 0 Å². The first-order valence-electron chi connectivity index (χ1n) is 6.25. The van der Waals surface area contributed by atoms with Crippen LogP contribution in [0.25, 0.3) is 6.08 Å². The number of anilines is 1. The number of carbonyl (C=O) groups is 2. The molecule has 1 heterocycles. The fraction of sp³-hybridized carbons (Fsp3) is 0.357. The second-order valence-corrected chi connectivity index (χ2v) is 4.12. The molecule has 0 aromatic carbocycles. The van der Waals surface area contributed by atoms with E-state index in [1.807, 2.05) is 13.8 Å². The molecular formula is C14H18N2O3. The van der Waals surface area contributed by atoms with Crippen molar-refractivity contribution in [3.05, 3.63) is 30.0 Å². The van der Waals surface area contributed by atoms with Gasteiger partial charge in [0.2, 0.25) is 5.91 Å². The van der Waals surface area contributed by atoms with Gasteiger partial charge in [-0.05, 0) is 31.1 Å². The number of nitrogens with zero attached hydrogens (tertiary/aromatic N) is 1. The molecule has 0 saturated carbocycles. The number of aliphatic carboxylic acids is 1. The number of nitrogens with one attached hydrogen (secondary N) is 1. The number of amides is 1. The summed E-state index contributed by atoms with van der Waals surface area (Å²) in [5.74, 6) is -0.686. The molecule has 0 spiro atoms. The van der Waals surface area contributed by atoms with E-state index < -0.39 is 5.97 Å². The van der Waals surface area contributed by atoms with Gasteiger partial charge in [-0.15, -0.1) is 0 Å². The van der Waals surface area contributed by atoms with E-state index in [0.717, 1.165) is 18.9 Å². The predicted octanol–water partition coefficient (Wildman–Crippen LogP) is 2.55. The number of aromatic nitrogens is 1. The summed E-state index contributed by atoms with van der Waals surface area (Å²) in [6.07, 6.45) is 3.95. The summed E-state index contributed by atoms with van der Waals surface area (Å²) in [4.78, 5) is 26.5. The van der Waals surface area contributed by atoms with Crippen LogP contribution in [0, 0.1) is 5.92 Å². The van der Waals surface area contributed by atoms with Crippen molar-refractivity contribution in [1.82, 2.24) is 4.98 Å². The smallest absolute Gasteiger partial charge is 0.328 e. The Morgan fingerprint density at radius 2 is 2.05 bits per heavy atom. The van der Waals surface area contributed by atoms with E-state index in [2.05, 4.69) is 10.3 Å². The Morgan fingerprint density at radius 3 is 2.63 bits per heavy atom. The topological polar surface area (TPSA) is 79.3 Å². The Kier molecular flexibility index (Phi) is 5.73. The molecule has 5 nitrogen and oxygen atoms in total. The van der Waals surface area contributed by atoms with E-state index >= 15 is 0 Å². The molecule has 1 aromatic heterocycles. The number of carbonyl (C=O) groups excluding carboxylic acids is 1. The van der Waals surface area contributed by atoms with Crippen LogP contribution in [0.4, 0.5) is 5.82 Å². The number of carboxylic acids is 1. The van der Waals surface area contributed by atoms with Crippen molar-refractivity contribution in [2.24, 2.45) is 5.92 Å². The van der Waals surface area contributed by atoms with Gasteiger partial charge in [0.1, 0.15) is 5.82 Å². The van der Waals surface area contributed by atoms with Gasteiger partial charge in [0.15, 0.2) is 0 Å². The summed E-state index contributed by atoms with van der Waals surface area (Å²) in [5.41, 5.74) is 0.491. The maximum atomic E-state index is 11.9. The Bertz CT molecular complexity index is 479. The van der Waals surface area contributed by atoms with Gasteiger partial charge in [-0.2, -0.15) is 0 Å². The molecule has 102 valence electrons. The second-order valence-electron chi connectivity index (χ2n) is 4.12. The van der Waals surface area contributed by atoms with Crippen LogP contribution >= 0.6 is 0 Å². The van der Waals surface area contributed by atoms with Crippen LogP contribution in [0.1, 0.15) is 32.4 Å². The summed E-state index contributed by atoms with van der Waals surface area (Å²) < 4.78 is 0. The fourth-order valence-corrected chi connectivity index (χ4v) is 1.66. The normalized spacial score (nSPS) is 10.9. The van der Waals surface area contributed by atoms with E-state index in [-0.39, 0.29) is 11.8 Å². The van der Waals surface area contributed by atoms with Crippen LogP contribution in [-0.2, 0) is 9.59 Å². The molecule has 0 aliphatic heterocycles. The fourth-order valence-electron chi connectivity index (χ4n) is 1.66. The average molecular weight is 262 g/mol. The summed E-state index contributed by atoms with van der Waals surface area (Å²) >= 11 is 0. The van der Waals surface area contributed by atoms with E-state index in [1.54, 1.807) is 18.2 Å². The molecule has 0 unspecified atom stereocenters. The standard InChI is InChI=1S/C14H18N2O3/c1-3-10(4-2)14(19)16-12-7-5-6-11(15-12)8-9-13(17)18/h5-10H,3-4H2,1-2H3,(H,17,18)(H,15,16,19)/b9-8+. The predicted molar refractivity (Wildman–Crippen MR) is 73.6 cm³/mol. The molecule has 0 fully saturated rings. The van der Waals surface area contributed by atoms with Crippen LogP contribution in [0.5, 0.6) is 0 Å². The van der Waals surface area contributed by atoms with Crippen molar-refractivity contribution in [3.63, 3.8) is 0 Å². The highest BCUT2D eigenvalue weighted by Crippen LogP contribution is 2.12. The minimum absolute atomic E-state index is 0.0278. The van der Waals surface area contributed by atoms with Crippen LogP contribution in [-0.4, -0.2) is 22.0 Å². The molecule has 1 aromatic rings. The van der Waals surface area contributed by atoms with Crippen molar-refractivity contribution in [2.75, 3.05) is 5.32 Å². The van der Waals surface area contributed by atoms with Crippen molar-refractivity contribution < 1.29 is 14.7 Å². The number of hydrogen-bond acceptors (Lipinski definition) is 3. The lowest BCUT2D eigenvalue weighted by atomic mass is 10.0. The SMILES string of the molecule is CCC(CC)C(=O)Nc1cccc(/C=C/C(=O)O)n1. The van der Waals surface area contributed by atoms with Gasteiger partial charge in [-0.1, -0.05) is 19.9 Å². The Balaban J connectivity index is 2.77. The first kappa shape index (κ1) is 14.9. The highest BCUT2D eigenvalue weighted by molar-refractivity contribution is 5.91. The minimum Gasteiger partial charge on any atom is -0.478 e. The van der Waals surface area contributed by atoms with Crippen LogP contribution in [0.3, 0.4) is 0 Å². The third-order valence-electron chi connectivity index (χ3n) is 2.77. The Morgan fingerprint density at radius 1 is 1.37 bits per heavy atom. The summed E-state index contributed by atoms with van der Waals surface area (Å²) in [7, 11) is 0. The first-order valence-corrected chi connectivity index (χ1v) is 6.25. The number of pyridine rings is 1. The van der Waals surface area contributed by atoms with E-state index in [1.165, 1.54) is 6.08 Å². The van der Waals surface area contributed by atoms with Gasteiger partial charge in [0, 0.05) is 12.0 Å². The zero-order valence-electron chi connectivity index (χ0n) is 11.1. The van der Waals surface area contributed by atoms with Crippen LogP contribution in [0.2, 0.25) is 0 Å². The van der Waals surface area contributed by atoms with Gasteiger partial charge < -0.3 is 10.4 Å². The molecule has 0 radical (unpaired) electrons. The number of hydrogen-bond donors (Lipinski definition) is 2. The molecule has 0 bridgehead atoms. The third kappa shape index (κ3) is 4.91. The first-order chi connectivity index (χ1) is 9.06. The molecule has 0 aliphatic carbocycles. The lowest BCUT2D eigenvalue weighted by Crippen LogP contribution is -2.22. The third-order valence-corrected chi connectivity index (χ3v) is 2.77. The van der Waals surface area contributed by atoms with Gasteiger partial charge in [-0.25, -0.2) is 9.78 Å². The van der Waals surface area contributed by atoms with Crippen LogP contribution in [0.15, 0.2) is 24.3 Å². The zero-order valence-corrected chi connectivity index (χ0v) is 11.1. The Labute approximate surface area is 112 Å². The highest BCUT2D eigenvalue weighted by atomic mass is 16.4. The van der Waals surface area contributed by atoms with Crippen molar-refractivity contribution >= 4 is 23.8 Å². The van der Waals surface area contributed by atoms with E-state index in [0.29, 0.717) is 11.5 Å². The van der Waals surface area contributed by atoms with Gasteiger partial charge in [0.25, 0.3) is 0 Å². The van der Waals surface area contributed by atoms with Gasteiger partial charge in [-0.3, -0.25) is 4.79 Å². The maximum absolute atomic E-state index is 11.9. The molecule has 2 N–H and O–H groups in total. The molecule has 0 atom stereocenters. The van der Waals surface area contributed by atoms with Crippen LogP contribution < -0.4 is 5.32 Å². The van der Waals surface area contributed by atoms with Crippen molar-refractivity contribution in [3.8, 4) is 0 Å². The molecule has 0 saturated heterocycles. The average Bonchev–Trinajstić information content (AvgIpc) is 2.38. The molecule has 1 rings (SSSR count). The summed E-state index contributed by atoms with van der Waals surface area (Å²) in [6, 6.07) is 5.07. The zero-order chi connectivity index (χ0) is 14.3. The quantitative estimate of drug-likeness (QED) is 0.772. The molecular weight excluding hydrogens is 244 g/mol. The minimum atomic E-state index is -1.03. The Hall–Kier alpha value is -2.17.